The Morgan fingerprint density at radius 3 is 2.69 bits per heavy atom. The second kappa shape index (κ2) is 5.05. The van der Waals surface area contributed by atoms with Gasteiger partial charge in [-0.05, 0) is 25.6 Å². The van der Waals surface area contributed by atoms with Crippen LogP contribution in [-0.2, 0) is 6.42 Å². The van der Waals surface area contributed by atoms with Gasteiger partial charge < -0.3 is 11.1 Å². The summed E-state index contributed by atoms with van der Waals surface area (Å²) in [6.45, 7) is 2.67. The third-order valence-corrected chi connectivity index (χ3v) is 3.03. The van der Waals surface area contributed by atoms with Crippen molar-refractivity contribution in [2.45, 2.75) is 13.3 Å². The van der Waals surface area contributed by atoms with Crippen LogP contribution in [0.25, 0.3) is 0 Å². The van der Waals surface area contributed by atoms with Crippen LogP contribution in [0.15, 0.2) is 24.3 Å². The molecule has 0 atom stereocenters. The first kappa shape index (κ1) is 11.0. The smallest absolute Gasteiger partial charge is 0.210 e. The second-order valence-corrected chi connectivity index (χ2v) is 4.59. The van der Waals surface area contributed by atoms with Crippen molar-refractivity contribution in [3.05, 3.63) is 34.8 Å². The number of anilines is 2. The molecule has 2 rings (SSSR count). The van der Waals surface area contributed by atoms with E-state index in [-0.39, 0.29) is 0 Å². The second-order valence-electron chi connectivity index (χ2n) is 3.53. The molecular weight excluding hydrogens is 220 g/mol. The van der Waals surface area contributed by atoms with Crippen LogP contribution in [0.1, 0.15) is 10.6 Å². The summed E-state index contributed by atoms with van der Waals surface area (Å²) < 4.78 is 0. The van der Waals surface area contributed by atoms with Crippen LogP contribution in [-0.4, -0.2) is 16.7 Å². The molecule has 0 aliphatic carbocycles. The molecule has 1 aromatic heterocycles. The van der Waals surface area contributed by atoms with Gasteiger partial charge in [0.1, 0.15) is 5.01 Å². The Morgan fingerprint density at radius 2 is 2.00 bits per heavy atom. The molecule has 0 spiro atoms. The van der Waals surface area contributed by atoms with E-state index in [4.69, 9.17) is 5.73 Å². The Morgan fingerprint density at radius 1 is 1.25 bits per heavy atom. The Hall–Kier alpha value is -1.46. The Balaban J connectivity index is 2.05. The zero-order valence-electron chi connectivity index (χ0n) is 9.10. The van der Waals surface area contributed by atoms with Gasteiger partial charge in [0.15, 0.2) is 0 Å². The highest BCUT2D eigenvalue weighted by atomic mass is 32.1. The molecule has 0 amide bonds. The minimum Gasteiger partial charge on any atom is -0.330 e. The summed E-state index contributed by atoms with van der Waals surface area (Å²) in [5.41, 5.74) is 7.73. The first-order valence-corrected chi connectivity index (χ1v) is 5.96. The van der Waals surface area contributed by atoms with E-state index in [9.17, 15) is 0 Å². The average Bonchev–Trinajstić information content (AvgIpc) is 2.70. The van der Waals surface area contributed by atoms with E-state index < -0.39 is 0 Å². The summed E-state index contributed by atoms with van der Waals surface area (Å²) >= 11 is 1.54. The third-order valence-electron chi connectivity index (χ3n) is 2.13. The molecule has 3 N–H and O–H groups in total. The van der Waals surface area contributed by atoms with Crippen LogP contribution in [0, 0.1) is 6.92 Å². The SMILES string of the molecule is Cc1ccc(Nc2nnc(CCN)s2)cc1. The van der Waals surface area contributed by atoms with Crippen LogP contribution in [0.5, 0.6) is 0 Å². The van der Waals surface area contributed by atoms with E-state index in [1.54, 1.807) is 11.3 Å². The molecule has 2 aromatic rings. The molecule has 0 saturated carbocycles. The molecule has 1 aromatic carbocycles. The van der Waals surface area contributed by atoms with Gasteiger partial charge in [0, 0.05) is 12.1 Å². The zero-order valence-corrected chi connectivity index (χ0v) is 9.92. The van der Waals surface area contributed by atoms with Gasteiger partial charge in [-0.1, -0.05) is 29.0 Å². The Bertz CT molecular complexity index is 449. The largest absolute Gasteiger partial charge is 0.330 e. The quantitative estimate of drug-likeness (QED) is 0.850. The third kappa shape index (κ3) is 2.77. The molecular formula is C11H14N4S. The van der Waals surface area contributed by atoms with Crippen molar-refractivity contribution < 1.29 is 0 Å². The van der Waals surface area contributed by atoms with Gasteiger partial charge in [-0.25, -0.2) is 0 Å². The van der Waals surface area contributed by atoms with Gasteiger partial charge in [-0.3, -0.25) is 0 Å². The monoisotopic (exact) mass is 234 g/mol. The number of hydrogen-bond acceptors (Lipinski definition) is 5. The molecule has 1 heterocycles. The number of nitrogens with one attached hydrogen (secondary N) is 1. The van der Waals surface area contributed by atoms with Gasteiger partial charge >= 0.3 is 0 Å². The predicted molar refractivity (Wildman–Crippen MR) is 67.1 cm³/mol. The minimum absolute atomic E-state index is 0.610. The highest BCUT2D eigenvalue weighted by molar-refractivity contribution is 7.15. The van der Waals surface area contributed by atoms with Gasteiger partial charge in [-0.15, -0.1) is 10.2 Å². The van der Waals surface area contributed by atoms with Crippen molar-refractivity contribution in [1.82, 2.24) is 10.2 Å². The fraction of sp³-hybridized carbons (Fsp3) is 0.273. The summed E-state index contributed by atoms with van der Waals surface area (Å²) in [7, 11) is 0. The van der Waals surface area contributed by atoms with Gasteiger partial charge in [0.25, 0.3) is 0 Å². The first-order valence-electron chi connectivity index (χ1n) is 5.14. The van der Waals surface area contributed by atoms with Gasteiger partial charge in [-0.2, -0.15) is 0 Å². The van der Waals surface area contributed by atoms with Crippen molar-refractivity contribution in [3.63, 3.8) is 0 Å². The Kier molecular flexibility index (Phi) is 3.48. The minimum atomic E-state index is 0.610. The average molecular weight is 234 g/mol. The van der Waals surface area contributed by atoms with Crippen molar-refractivity contribution >= 4 is 22.2 Å². The summed E-state index contributed by atoms with van der Waals surface area (Å²) in [6.07, 6.45) is 0.785. The van der Waals surface area contributed by atoms with Gasteiger partial charge in [0.05, 0.1) is 0 Å². The topological polar surface area (TPSA) is 63.8 Å². The molecule has 84 valence electrons. The maximum Gasteiger partial charge on any atom is 0.210 e. The molecule has 4 nitrogen and oxygen atoms in total. The van der Waals surface area contributed by atoms with Crippen molar-refractivity contribution in [2.24, 2.45) is 5.73 Å². The first-order chi connectivity index (χ1) is 7.78. The van der Waals surface area contributed by atoms with E-state index in [2.05, 4.69) is 34.6 Å². The lowest BCUT2D eigenvalue weighted by Crippen LogP contribution is -2.01. The fourth-order valence-corrected chi connectivity index (χ4v) is 2.06. The summed E-state index contributed by atoms with van der Waals surface area (Å²) in [6, 6.07) is 8.17. The van der Waals surface area contributed by atoms with E-state index in [0.29, 0.717) is 6.54 Å². The highest BCUT2D eigenvalue weighted by Gasteiger charge is 2.03. The molecule has 0 bridgehead atoms. The lowest BCUT2D eigenvalue weighted by molar-refractivity contribution is 0.913. The van der Waals surface area contributed by atoms with E-state index >= 15 is 0 Å². The maximum absolute atomic E-state index is 5.46. The number of rotatable bonds is 4. The molecule has 5 heteroatoms. The molecule has 0 unspecified atom stereocenters. The molecule has 0 saturated heterocycles. The van der Waals surface area contributed by atoms with Crippen LogP contribution < -0.4 is 11.1 Å². The van der Waals surface area contributed by atoms with Crippen LogP contribution >= 0.6 is 11.3 Å². The summed E-state index contributed by atoms with van der Waals surface area (Å²) in [5, 5.41) is 13.1. The molecule has 0 fully saturated rings. The number of hydrogen-bond donors (Lipinski definition) is 2. The lowest BCUT2D eigenvalue weighted by Gasteiger charge is -2.01. The number of benzene rings is 1. The summed E-state index contributed by atoms with van der Waals surface area (Å²) in [5.74, 6) is 0. The van der Waals surface area contributed by atoms with Crippen molar-refractivity contribution in [3.8, 4) is 0 Å². The van der Waals surface area contributed by atoms with Crippen molar-refractivity contribution in [2.75, 3.05) is 11.9 Å². The van der Waals surface area contributed by atoms with E-state index in [0.717, 1.165) is 22.2 Å². The number of aromatic nitrogens is 2. The number of aryl methyl sites for hydroxylation is 1. The maximum atomic E-state index is 5.46. The standard InChI is InChI=1S/C11H14N4S/c1-8-2-4-9(5-3-8)13-11-15-14-10(16-11)6-7-12/h2-5H,6-7,12H2,1H3,(H,13,15). The molecule has 16 heavy (non-hydrogen) atoms. The van der Waals surface area contributed by atoms with Crippen molar-refractivity contribution in [1.29, 1.82) is 0 Å². The predicted octanol–water partition coefficient (Wildman–Crippen LogP) is 2.09. The zero-order chi connectivity index (χ0) is 11.4. The highest BCUT2D eigenvalue weighted by Crippen LogP contribution is 2.20. The number of nitrogens with zero attached hydrogens (tertiary/aromatic N) is 2. The Labute approximate surface area is 98.5 Å². The van der Waals surface area contributed by atoms with E-state index in [1.165, 1.54) is 5.56 Å². The fourth-order valence-electron chi connectivity index (χ4n) is 1.29. The molecule has 0 radical (unpaired) electrons. The summed E-state index contributed by atoms with van der Waals surface area (Å²) in [4.78, 5) is 0. The van der Waals surface area contributed by atoms with Crippen LogP contribution in [0.3, 0.4) is 0 Å². The molecule has 0 aliphatic heterocycles. The number of nitrogens with two attached hydrogens (primary N) is 1. The lowest BCUT2D eigenvalue weighted by atomic mass is 10.2. The van der Waals surface area contributed by atoms with Crippen LogP contribution in [0.4, 0.5) is 10.8 Å². The van der Waals surface area contributed by atoms with Gasteiger partial charge in [0.2, 0.25) is 5.13 Å². The van der Waals surface area contributed by atoms with E-state index in [1.807, 2.05) is 12.1 Å². The van der Waals surface area contributed by atoms with Crippen LogP contribution in [0.2, 0.25) is 0 Å². The molecule has 0 aliphatic rings. The normalized spacial score (nSPS) is 10.4.